The van der Waals surface area contributed by atoms with Crippen LogP contribution in [-0.2, 0) is 0 Å². The number of aromatic amines is 1. The summed E-state index contributed by atoms with van der Waals surface area (Å²) in [7, 11) is 0. The summed E-state index contributed by atoms with van der Waals surface area (Å²) in [5.41, 5.74) is 3.47. The SMILES string of the molecule is Cc1cc(C#N)c(-c2ccc(Cl)cc2)[nH]1. The maximum atomic E-state index is 8.95. The molecule has 0 aliphatic carbocycles. The van der Waals surface area contributed by atoms with Gasteiger partial charge in [0.1, 0.15) is 6.07 Å². The molecular formula is C12H9ClN2. The summed E-state index contributed by atoms with van der Waals surface area (Å²) >= 11 is 5.80. The third kappa shape index (κ3) is 1.88. The standard InChI is InChI=1S/C12H9ClN2/c1-8-6-10(7-14)12(15-8)9-2-4-11(13)5-3-9/h2-6,15H,1H3. The zero-order valence-corrected chi connectivity index (χ0v) is 8.97. The second kappa shape index (κ2) is 3.80. The third-order valence-electron chi connectivity index (χ3n) is 2.21. The summed E-state index contributed by atoms with van der Waals surface area (Å²) in [5.74, 6) is 0. The van der Waals surface area contributed by atoms with Crippen LogP contribution in [0.2, 0.25) is 5.02 Å². The van der Waals surface area contributed by atoms with E-state index in [0.29, 0.717) is 10.6 Å². The van der Waals surface area contributed by atoms with Crippen LogP contribution >= 0.6 is 11.6 Å². The van der Waals surface area contributed by atoms with Crippen molar-refractivity contribution in [3.8, 4) is 17.3 Å². The number of aromatic nitrogens is 1. The second-order valence-electron chi connectivity index (χ2n) is 3.36. The van der Waals surface area contributed by atoms with Crippen molar-refractivity contribution in [2.75, 3.05) is 0 Å². The van der Waals surface area contributed by atoms with Crippen LogP contribution in [0.4, 0.5) is 0 Å². The normalized spacial score (nSPS) is 9.93. The largest absolute Gasteiger partial charge is 0.358 e. The molecule has 2 aromatic rings. The van der Waals surface area contributed by atoms with E-state index >= 15 is 0 Å². The minimum absolute atomic E-state index is 0.662. The van der Waals surface area contributed by atoms with Gasteiger partial charge in [0, 0.05) is 10.7 Å². The van der Waals surface area contributed by atoms with Crippen LogP contribution in [0.1, 0.15) is 11.3 Å². The number of rotatable bonds is 1. The lowest BCUT2D eigenvalue weighted by atomic mass is 10.1. The van der Waals surface area contributed by atoms with Gasteiger partial charge in [-0.05, 0) is 30.7 Å². The average molecular weight is 217 g/mol. The van der Waals surface area contributed by atoms with Crippen LogP contribution in [-0.4, -0.2) is 4.98 Å². The number of H-pyrrole nitrogens is 1. The predicted octanol–water partition coefficient (Wildman–Crippen LogP) is 3.52. The van der Waals surface area contributed by atoms with Gasteiger partial charge in [-0.25, -0.2) is 0 Å². The topological polar surface area (TPSA) is 39.6 Å². The fourth-order valence-corrected chi connectivity index (χ4v) is 1.65. The number of aryl methyl sites for hydroxylation is 1. The predicted molar refractivity (Wildman–Crippen MR) is 60.7 cm³/mol. The number of hydrogen-bond donors (Lipinski definition) is 1. The summed E-state index contributed by atoms with van der Waals surface area (Å²) in [4.78, 5) is 3.17. The molecule has 0 unspecified atom stereocenters. The van der Waals surface area contributed by atoms with Gasteiger partial charge in [0.25, 0.3) is 0 Å². The summed E-state index contributed by atoms with van der Waals surface area (Å²) in [6.07, 6.45) is 0. The Hall–Kier alpha value is -1.72. The smallest absolute Gasteiger partial charge is 0.101 e. The molecule has 2 rings (SSSR count). The molecule has 1 N–H and O–H groups in total. The number of nitrogens with one attached hydrogen (secondary N) is 1. The summed E-state index contributed by atoms with van der Waals surface area (Å²) in [5, 5.41) is 9.65. The van der Waals surface area contributed by atoms with E-state index < -0.39 is 0 Å². The van der Waals surface area contributed by atoms with Crippen molar-refractivity contribution in [3.05, 3.63) is 46.6 Å². The molecule has 0 fully saturated rings. The minimum Gasteiger partial charge on any atom is -0.358 e. The highest BCUT2D eigenvalue weighted by Gasteiger charge is 2.07. The molecule has 3 heteroatoms. The summed E-state index contributed by atoms with van der Waals surface area (Å²) in [6, 6.07) is 11.4. The van der Waals surface area contributed by atoms with Gasteiger partial charge < -0.3 is 4.98 Å². The van der Waals surface area contributed by atoms with Crippen molar-refractivity contribution in [3.63, 3.8) is 0 Å². The Kier molecular flexibility index (Phi) is 2.49. The molecule has 1 heterocycles. The van der Waals surface area contributed by atoms with Gasteiger partial charge in [-0.2, -0.15) is 5.26 Å². The lowest BCUT2D eigenvalue weighted by Gasteiger charge is -1.99. The highest BCUT2D eigenvalue weighted by Crippen LogP contribution is 2.24. The van der Waals surface area contributed by atoms with Gasteiger partial charge in [0.15, 0.2) is 0 Å². The van der Waals surface area contributed by atoms with Crippen molar-refractivity contribution in [2.24, 2.45) is 0 Å². The van der Waals surface area contributed by atoms with Crippen LogP contribution in [0.3, 0.4) is 0 Å². The zero-order valence-electron chi connectivity index (χ0n) is 8.21. The first-order valence-corrected chi connectivity index (χ1v) is 4.94. The molecule has 0 amide bonds. The first kappa shape index (κ1) is 9.82. The molecule has 0 saturated heterocycles. The Morgan fingerprint density at radius 3 is 2.53 bits per heavy atom. The summed E-state index contributed by atoms with van der Waals surface area (Å²) in [6.45, 7) is 1.93. The zero-order chi connectivity index (χ0) is 10.8. The highest BCUT2D eigenvalue weighted by atomic mass is 35.5. The van der Waals surface area contributed by atoms with Crippen LogP contribution < -0.4 is 0 Å². The number of hydrogen-bond acceptors (Lipinski definition) is 1. The Balaban J connectivity index is 2.54. The molecule has 74 valence electrons. The van der Waals surface area contributed by atoms with E-state index in [2.05, 4.69) is 11.1 Å². The highest BCUT2D eigenvalue weighted by molar-refractivity contribution is 6.30. The summed E-state index contributed by atoms with van der Waals surface area (Å²) < 4.78 is 0. The quantitative estimate of drug-likeness (QED) is 0.779. The number of nitriles is 1. The monoisotopic (exact) mass is 216 g/mol. The van der Waals surface area contributed by atoms with Gasteiger partial charge in [0.2, 0.25) is 0 Å². The van der Waals surface area contributed by atoms with Crippen molar-refractivity contribution >= 4 is 11.6 Å². The lowest BCUT2D eigenvalue weighted by molar-refractivity contribution is 1.27. The Morgan fingerprint density at radius 2 is 1.93 bits per heavy atom. The van der Waals surface area contributed by atoms with Gasteiger partial charge in [0.05, 0.1) is 11.3 Å². The first-order valence-electron chi connectivity index (χ1n) is 4.56. The maximum Gasteiger partial charge on any atom is 0.101 e. The van der Waals surface area contributed by atoms with Crippen LogP contribution in [0.5, 0.6) is 0 Å². The van der Waals surface area contributed by atoms with Crippen molar-refractivity contribution in [1.82, 2.24) is 4.98 Å². The molecule has 2 nitrogen and oxygen atoms in total. The first-order chi connectivity index (χ1) is 7.20. The molecule has 15 heavy (non-hydrogen) atoms. The van der Waals surface area contributed by atoms with E-state index in [1.165, 1.54) is 0 Å². The molecule has 0 radical (unpaired) electrons. The molecule has 0 spiro atoms. The Morgan fingerprint density at radius 1 is 1.27 bits per heavy atom. The fraction of sp³-hybridized carbons (Fsp3) is 0.0833. The molecule has 0 bridgehead atoms. The molecule has 1 aromatic heterocycles. The van der Waals surface area contributed by atoms with Crippen LogP contribution in [0.15, 0.2) is 30.3 Å². The fourth-order valence-electron chi connectivity index (χ4n) is 1.52. The van der Waals surface area contributed by atoms with E-state index in [4.69, 9.17) is 16.9 Å². The maximum absolute atomic E-state index is 8.95. The molecule has 1 aromatic carbocycles. The number of benzene rings is 1. The van der Waals surface area contributed by atoms with Gasteiger partial charge in [-0.15, -0.1) is 0 Å². The Bertz CT molecular complexity index is 518. The van der Waals surface area contributed by atoms with E-state index in [-0.39, 0.29) is 0 Å². The van der Waals surface area contributed by atoms with Crippen LogP contribution in [0.25, 0.3) is 11.3 Å². The van der Waals surface area contributed by atoms with E-state index in [0.717, 1.165) is 17.0 Å². The minimum atomic E-state index is 0.662. The van der Waals surface area contributed by atoms with E-state index in [1.807, 2.05) is 37.3 Å². The molecule has 0 aliphatic rings. The molecule has 0 aliphatic heterocycles. The molecule has 0 saturated carbocycles. The Labute approximate surface area is 93.1 Å². The van der Waals surface area contributed by atoms with Crippen molar-refractivity contribution in [1.29, 1.82) is 5.26 Å². The third-order valence-corrected chi connectivity index (χ3v) is 2.46. The van der Waals surface area contributed by atoms with E-state index in [1.54, 1.807) is 0 Å². The average Bonchev–Trinajstić information content (AvgIpc) is 2.61. The van der Waals surface area contributed by atoms with E-state index in [9.17, 15) is 0 Å². The number of halogens is 1. The van der Waals surface area contributed by atoms with Gasteiger partial charge >= 0.3 is 0 Å². The second-order valence-corrected chi connectivity index (χ2v) is 3.80. The van der Waals surface area contributed by atoms with Crippen LogP contribution in [0, 0.1) is 18.3 Å². The van der Waals surface area contributed by atoms with Crippen molar-refractivity contribution < 1.29 is 0 Å². The number of nitrogens with zero attached hydrogens (tertiary/aromatic N) is 1. The van der Waals surface area contributed by atoms with Gasteiger partial charge in [-0.1, -0.05) is 23.7 Å². The molecular weight excluding hydrogens is 208 g/mol. The van der Waals surface area contributed by atoms with Crippen molar-refractivity contribution in [2.45, 2.75) is 6.92 Å². The lowest BCUT2D eigenvalue weighted by Crippen LogP contribution is -1.80. The van der Waals surface area contributed by atoms with Gasteiger partial charge in [-0.3, -0.25) is 0 Å². The molecule has 0 atom stereocenters.